The molecule has 0 aromatic carbocycles. The predicted octanol–water partition coefficient (Wildman–Crippen LogP) is 4.35. The number of nitrogens with one attached hydrogen (secondary N) is 1. The third kappa shape index (κ3) is 5.04. The maximum absolute atomic E-state index is 12.7. The Bertz CT molecular complexity index is 821. The van der Waals surface area contributed by atoms with Crippen LogP contribution in [0, 0.1) is 12.8 Å². The molecule has 1 N–H and O–H groups in total. The molecule has 9 heteroatoms. The second kappa shape index (κ2) is 7.93. The maximum atomic E-state index is 12.7. The summed E-state index contributed by atoms with van der Waals surface area (Å²) in [5, 5.41) is 4.98. The van der Waals surface area contributed by atoms with Crippen LogP contribution in [0.1, 0.15) is 47.2 Å². The fourth-order valence-corrected chi connectivity index (χ4v) is 3.92. The first-order valence-corrected chi connectivity index (χ1v) is 9.63. The number of carbonyl (C=O) groups is 1. The predicted molar refractivity (Wildman–Crippen MR) is 97.7 cm³/mol. The average Bonchev–Trinajstić information content (AvgIpc) is 3.00. The topological polar surface area (TPSA) is 58.1 Å². The van der Waals surface area contributed by atoms with E-state index in [1.165, 1.54) is 31.1 Å². The molecule has 1 saturated heterocycles. The number of anilines is 1. The van der Waals surface area contributed by atoms with Crippen molar-refractivity contribution in [2.75, 3.05) is 18.4 Å². The summed E-state index contributed by atoms with van der Waals surface area (Å²) >= 11 is 1.31. The molecule has 0 radical (unpaired) electrons. The second-order valence-electron chi connectivity index (χ2n) is 6.91. The van der Waals surface area contributed by atoms with E-state index >= 15 is 0 Å². The highest BCUT2D eigenvalue weighted by Crippen LogP contribution is 2.28. The molecule has 1 unspecified atom stereocenters. The highest BCUT2D eigenvalue weighted by atomic mass is 32.1. The molecular weight excluding hydrogens is 377 g/mol. The summed E-state index contributed by atoms with van der Waals surface area (Å²) in [7, 11) is 0. The molecule has 1 aliphatic heterocycles. The Morgan fingerprint density at radius 1 is 1.37 bits per heavy atom. The number of alkyl halides is 3. The van der Waals surface area contributed by atoms with Crippen LogP contribution in [-0.4, -0.2) is 33.9 Å². The number of rotatable bonds is 4. The van der Waals surface area contributed by atoms with Crippen LogP contribution in [0.25, 0.3) is 0 Å². The molecule has 2 aromatic heterocycles. The van der Waals surface area contributed by atoms with Crippen molar-refractivity contribution < 1.29 is 18.0 Å². The highest BCUT2D eigenvalue weighted by Gasteiger charge is 2.33. The lowest BCUT2D eigenvalue weighted by Gasteiger charge is -2.30. The third-order valence-corrected chi connectivity index (χ3v) is 5.33. The lowest BCUT2D eigenvalue weighted by molar-refractivity contribution is -0.141. The molecule has 1 fully saturated rings. The van der Waals surface area contributed by atoms with E-state index in [2.05, 4.69) is 27.1 Å². The lowest BCUT2D eigenvalue weighted by atomic mass is 10.0. The van der Waals surface area contributed by atoms with E-state index in [1.807, 2.05) is 5.38 Å². The van der Waals surface area contributed by atoms with Crippen molar-refractivity contribution >= 4 is 22.4 Å². The summed E-state index contributed by atoms with van der Waals surface area (Å²) in [6, 6.07) is 1.96. The number of hydrogen-bond acceptors (Lipinski definition) is 5. The van der Waals surface area contributed by atoms with E-state index in [9.17, 15) is 18.0 Å². The van der Waals surface area contributed by atoms with Crippen molar-refractivity contribution in [2.45, 2.75) is 39.4 Å². The number of hydrogen-bond donors (Lipinski definition) is 1. The summed E-state index contributed by atoms with van der Waals surface area (Å²) in [5.41, 5.74) is 0.00141. The van der Waals surface area contributed by atoms with Gasteiger partial charge in [0, 0.05) is 18.5 Å². The number of thiazole rings is 1. The van der Waals surface area contributed by atoms with Gasteiger partial charge >= 0.3 is 6.18 Å². The van der Waals surface area contributed by atoms with E-state index in [-0.39, 0.29) is 11.3 Å². The molecule has 0 saturated carbocycles. The SMILES string of the molecule is Cc1nc(C(F)(F)F)ccc1C(=O)Nc1nc(CN2CCCC(C)C2)cs1. The minimum Gasteiger partial charge on any atom is -0.298 e. The minimum atomic E-state index is -4.53. The van der Waals surface area contributed by atoms with Crippen molar-refractivity contribution in [2.24, 2.45) is 5.92 Å². The van der Waals surface area contributed by atoms with Crippen molar-refractivity contribution in [3.63, 3.8) is 0 Å². The van der Waals surface area contributed by atoms with Gasteiger partial charge in [-0.05, 0) is 44.4 Å². The molecule has 5 nitrogen and oxygen atoms in total. The molecule has 1 atom stereocenters. The molecule has 0 aliphatic carbocycles. The minimum absolute atomic E-state index is 0.0291. The van der Waals surface area contributed by atoms with Gasteiger partial charge in [0.15, 0.2) is 5.13 Å². The van der Waals surface area contributed by atoms with Crippen molar-refractivity contribution in [1.29, 1.82) is 0 Å². The largest absolute Gasteiger partial charge is 0.433 e. The van der Waals surface area contributed by atoms with Gasteiger partial charge in [-0.15, -0.1) is 11.3 Å². The normalized spacial score (nSPS) is 18.5. The number of piperidine rings is 1. The van der Waals surface area contributed by atoms with Crippen LogP contribution >= 0.6 is 11.3 Å². The number of nitrogens with zero attached hydrogens (tertiary/aromatic N) is 3. The zero-order chi connectivity index (χ0) is 19.6. The monoisotopic (exact) mass is 398 g/mol. The van der Waals surface area contributed by atoms with Gasteiger partial charge < -0.3 is 0 Å². The van der Waals surface area contributed by atoms with Gasteiger partial charge in [0.25, 0.3) is 5.91 Å². The van der Waals surface area contributed by atoms with E-state index < -0.39 is 17.8 Å². The summed E-state index contributed by atoms with van der Waals surface area (Å²) in [6.45, 7) is 6.43. The van der Waals surface area contributed by atoms with Crippen LogP contribution in [0.5, 0.6) is 0 Å². The standard InChI is InChI=1S/C18H21F3N4OS/c1-11-4-3-7-25(8-11)9-13-10-27-17(23-13)24-16(26)14-5-6-15(18(19,20)21)22-12(14)2/h5-6,10-11H,3-4,7-9H2,1-2H3,(H,23,24,26). The first-order chi connectivity index (χ1) is 12.7. The van der Waals surface area contributed by atoms with Gasteiger partial charge in [-0.25, -0.2) is 9.97 Å². The molecule has 2 aromatic rings. The van der Waals surface area contributed by atoms with E-state index in [0.717, 1.165) is 37.5 Å². The smallest absolute Gasteiger partial charge is 0.298 e. The number of aromatic nitrogens is 2. The first kappa shape index (κ1) is 19.8. The first-order valence-electron chi connectivity index (χ1n) is 8.75. The van der Waals surface area contributed by atoms with Crippen LogP contribution in [0.15, 0.2) is 17.5 Å². The second-order valence-corrected chi connectivity index (χ2v) is 7.77. The van der Waals surface area contributed by atoms with E-state index in [0.29, 0.717) is 11.0 Å². The lowest BCUT2D eigenvalue weighted by Crippen LogP contribution is -2.33. The summed E-state index contributed by atoms with van der Waals surface area (Å²) in [6.07, 6.45) is -2.11. The zero-order valence-electron chi connectivity index (χ0n) is 15.1. The Hall–Kier alpha value is -2.00. The van der Waals surface area contributed by atoms with Gasteiger partial charge in [-0.1, -0.05) is 6.92 Å². The Morgan fingerprint density at radius 2 is 2.15 bits per heavy atom. The summed E-state index contributed by atoms with van der Waals surface area (Å²) in [5.74, 6) is 0.160. The quantitative estimate of drug-likeness (QED) is 0.832. The molecule has 1 amide bonds. The zero-order valence-corrected chi connectivity index (χ0v) is 16.0. The third-order valence-electron chi connectivity index (χ3n) is 4.52. The summed E-state index contributed by atoms with van der Waals surface area (Å²) < 4.78 is 38.1. The molecule has 0 spiro atoms. The van der Waals surface area contributed by atoms with Gasteiger partial charge in [0.05, 0.1) is 17.0 Å². The fraction of sp³-hybridized carbons (Fsp3) is 0.500. The van der Waals surface area contributed by atoms with Gasteiger partial charge in [-0.3, -0.25) is 15.0 Å². The fourth-order valence-electron chi connectivity index (χ4n) is 3.22. The molecule has 3 rings (SSSR count). The van der Waals surface area contributed by atoms with Crippen LogP contribution in [0.3, 0.4) is 0 Å². The number of pyridine rings is 1. The number of likely N-dealkylation sites (tertiary alicyclic amines) is 1. The maximum Gasteiger partial charge on any atom is 0.433 e. The Morgan fingerprint density at radius 3 is 2.81 bits per heavy atom. The molecule has 3 heterocycles. The number of carbonyl (C=O) groups excluding carboxylic acids is 1. The van der Waals surface area contributed by atoms with Gasteiger partial charge in [0.2, 0.25) is 0 Å². The van der Waals surface area contributed by atoms with Crippen LogP contribution in [0.2, 0.25) is 0 Å². The van der Waals surface area contributed by atoms with Crippen LogP contribution < -0.4 is 5.32 Å². The highest BCUT2D eigenvalue weighted by molar-refractivity contribution is 7.13. The molecule has 1 aliphatic rings. The van der Waals surface area contributed by atoms with E-state index in [1.54, 1.807) is 0 Å². The number of halogens is 3. The Balaban J connectivity index is 1.64. The number of amides is 1. The molecular formula is C18H21F3N4OS. The van der Waals surface area contributed by atoms with Crippen molar-refractivity contribution in [3.05, 3.63) is 40.2 Å². The van der Waals surface area contributed by atoms with E-state index in [4.69, 9.17) is 0 Å². The molecule has 27 heavy (non-hydrogen) atoms. The van der Waals surface area contributed by atoms with Gasteiger partial charge in [0.1, 0.15) is 5.69 Å². The van der Waals surface area contributed by atoms with Crippen LogP contribution in [-0.2, 0) is 12.7 Å². The summed E-state index contributed by atoms with van der Waals surface area (Å²) in [4.78, 5) is 22.6. The Kier molecular flexibility index (Phi) is 5.81. The van der Waals surface area contributed by atoms with Crippen LogP contribution in [0.4, 0.5) is 18.3 Å². The average molecular weight is 398 g/mol. The molecule has 0 bridgehead atoms. The van der Waals surface area contributed by atoms with Crippen molar-refractivity contribution in [3.8, 4) is 0 Å². The van der Waals surface area contributed by atoms with Gasteiger partial charge in [-0.2, -0.15) is 13.2 Å². The molecule has 146 valence electrons. The van der Waals surface area contributed by atoms with Crippen molar-refractivity contribution in [1.82, 2.24) is 14.9 Å². The Labute approximate surface area is 159 Å². The number of aryl methyl sites for hydroxylation is 1.